The highest BCUT2D eigenvalue weighted by molar-refractivity contribution is 5.76. The zero-order valence-electron chi connectivity index (χ0n) is 14.6. The van der Waals surface area contributed by atoms with Crippen molar-refractivity contribution in [3.05, 3.63) is 30.1 Å². The number of carbonyl (C=O) groups is 1. The first-order chi connectivity index (χ1) is 12.3. The summed E-state index contributed by atoms with van der Waals surface area (Å²) in [5.74, 6) is 0.647. The van der Waals surface area contributed by atoms with E-state index in [4.69, 9.17) is 9.47 Å². The number of fused-ring (bicyclic) bond motifs is 1. The smallest absolute Gasteiger partial charge is 0.222 e. The first-order valence-electron chi connectivity index (χ1n) is 9.41. The fraction of sp³-hybridized carbons (Fsp3) is 0.684. The molecule has 0 spiro atoms. The maximum absolute atomic E-state index is 12.2. The number of amides is 1. The third-order valence-electron chi connectivity index (χ3n) is 5.67. The van der Waals surface area contributed by atoms with Crippen molar-refractivity contribution in [2.24, 2.45) is 5.92 Å². The van der Waals surface area contributed by atoms with Crippen LogP contribution in [0.5, 0.6) is 0 Å². The number of aromatic nitrogens is 1. The molecule has 3 aliphatic heterocycles. The van der Waals surface area contributed by atoms with Gasteiger partial charge in [-0.05, 0) is 30.9 Å². The minimum atomic E-state index is 0.0649. The summed E-state index contributed by atoms with van der Waals surface area (Å²) in [7, 11) is 0. The lowest BCUT2D eigenvalue weighted by Crippen LogP contribution is -2.39. The van der Waals surface area contributed by atoms with E-state index < -0.39 is 0 Å². The van der Waals surface area contributed by atoms with Crippen molar-refractivity contribution in [2.75, 3.05) is 26.3 Å². The summed E-state index contributed by atoms with van der Waals surface area (Å²) < 4.78 is 11.6. The predicted octanol–water partition coefficient (Wildman–Crippen LogP) is 1.36. The second kappa shape index (κ2) is 7.81. The maximum Gasteiger partial charge on any atom is 0.222 e. The number of ether oxygens (including phenoxy) is 2. The number of hydrogen-bond acceptors (Lipinski definition) is 5. The van der Waals surface area contributed by atoms with Gasteiger partial charge in [0.25, 0.3) is 0 Å². The molecule has 136 valence electrons. The first kappa shape index (κ1) is 16.9. The quantitative estimate of drug-likeness (QED) is 0.873. The van der Waals surface area contributed by atoms with E-state index >= 15 is 0 Å². The van der Waals surface area contributed by atoms with Gasteiger partial charge in [0.15, 0.2) is 0 Å². The molecule has 6 heteroatoms. The Balaban J connectivity index is 1.20. The van der Waals surface area contributed by atoms with E-state index in [-0.39, 0.29) is 12.0 Å². The number of nitrogens with zero attached hydrogens (tertiary/aromatic N) is 2. The molecule has 0 aliphatic carbocycles. The molecule has 3 atom stereocenters. The number of hydrogen-bond donors (Lipinski definition) is 1. The molecule has 3 aliphatic rings. The average Bonchev–Trinajstić information content (AvgIpc) is 3.20. The molecule has 0 unspecified atom stereocenters. The Bertz CT molecular complexity index is 563. The van der Waals surface area contributed by atoms with E-state index in [1.807, 2.05) is 12.1 Å². The lowest BCUT2D eigenvalue weighted by molar-refractivity contribution is -0.124. The van der Waals surface area contributed by atoms with Crippen LogP contribution in [0.3, 0.4) is 0 Å². The number of carbonyl (C=O) groups excluding carboxylic acids is 1. The monoisotopic (exact) mass is 345 g/mol. The first-order valence-corrected chi connectivity index (χ1v) is 9.41. The standard InChI is InChI=1S/C19H27N3O3/c23-19(21-11-14-2-1-5-20-10-14)9-17-8-15-12-22(13-18(15)25-17)16-3-6-24-7-4-16/h1-2,5,10,15-18H,3-4,6-9,11-13H2,(H,21,23)/t15-,17-,18+/m0/s1. The predicted molar refractivity (Wildman–Crippen MR) is 92.9 cm³/mol. The Labute approximate surface area is 148 Å². The van der Waals surface area contributed by atoms with Gasteiger partial charge < -0.3 is 14.8 Å². The summed E-state index contributed by atoms with van der Waals surface area (Å²) in [5.41, 5.74) is 1.02. The van der Waals surface area contributed by atoms with Gasteiger partial charge in [0.1, 0.15) is 0 Å². The van der Waals surface area contributed by atoms with Gasteiger partial charge in [-0.3, -0.25) is 14.7 Å². The topological polar surface area (TPSA) is 63.7 Å². The zero-order valence-corrected chi connectivity index (χ0v) is 14.6. The van der Waals surface area contributed by atoms with Crippen molar-refractivity contribution >= 4 is 5.91 Å². The van der Waals surface area contributed by atoms with Crippen molar-refractivity contribution < 1.29 is 14.3 Å². The van der Waals surface area contributed by atoms with Crippen LogP contribution in [-0.4, -0.2) is 60.3 Å². The molecule has 3 fully saturated rings. The maximum atomic E-state index is 12.2. The van der Waals surface area contributed by atoms with Gasteiger partial charge in [-0.1, -0.05) is 6.07 Å². The van der Waals surface area contributed by atoms with Gasteiger partial charge >= 0.3 is 0 Å². The Morgan fingerprint density at radius 1 is 1.32 bits per heavy atom. The normalized spacial score (nSPS) is 30.3. The third kappa shape index (κ3) is 4.19. The molecule has 3 saturated heterocycles. The van der Waals surface area contributed by atoms with Crippen LogP contribution in [0.4, 0.5) is 0 Å². The van der Waals surface area contributed by atoms with Crippen LogP contribution in [0.25, 0.3) is 0 Å². The molecule has 0 aromatic carbocycles. The van der Waals surface area contributed by atoms with Crippen molar-refractivity contribution in [2.45, 2.75) is 50.5 Å². The van der Waals surface area contributed by atoms with Gasteiger partial charge in [0.2, 0.25) is 5.91 Å². The van der Waals surface area contributed by atoms with E-state index in [2.05, 4.69) is 15.2 Å². The molecule has 0 saturated carbocycles. The van der Waals surface area contributed by atoms with Crippen LogP contribution in [0, 0.1) is 5.92 Å². The zero-order chi connectivity index (χ0) is 17.1. The molecule has 0 radical (unpaired) electrons. The highest BCUT2D eigenvalue weighted by atomic mass is 16.5. The molecule has 1 N–H and O–H groups in total. The van der Waals surface area contributed by atoms with Crippen molar-refractivity contribution in [1.29, 1.82) is 0 Å². The van der Waals surface area contributed by atoms with Crippen LogP contribution in [-0.2, 0) is 20.8 Å². The summed E-state index contributed by atoms with van der Waals surface area (Å²) in [6.45, 7) is 4.43. The van der Waals surface area contributed by atoms with Gasteiger partial charge in [-0.15, -0.1) is 0 Å². The summed E-state index contributed by atoms with van der Waals surface area (Å²) >= 11 is 0. The largest absolute Gasteiger partial charge is 0.381 e. The van der Waals surface area contributed by atoms with Crippen molar-refractivity contribution in [3.8, 4) is 0 Å². The summed E-state index contributed by atoms with van der Waals surface area (Å²) in [4.78, 5) is 18.8. The summed E-state index contributed by atoms with van der Waals surface area (Å²) in [5, 5.41) is 2.97. The fourth-order valence-corrected chi connectivity index (χ4v) is 4.36. The van der Waals surface area contributed by atoms with Gasteiger partial charge in [0, 0.05) is 57.2 Å². The molecule has 6 nitrogen and oxygen atoms in total. The molecule has 1 amide bonds. The van der Waals surface area contributed by atoms with Gasteiger partial charge in [-0.25, -0.2) is 0 Å². The highest BCUT2D eigenvalue weighted by Crippen LogP contribution is 2.36. The minimum Gasteiger partial charge on any atom is -0.381 e. The molecule has 1 aromatic rings. The second-order valence-electron chi connectivity index (χ2n) is 7.43. The van der Waals surface area contributed by atoms with E-state index in [0.717, 1.165) is 51.1 Å². The number of pyridine rings is 1. The number of rotatable bonds is 5. The number of likely N-dealkylation sites (tertiary alicyclic amines) is 1. The lowest BCUT2D eigenvalue weighted by atomic mass is 10.0. The summed E-state index contributed by atoms with van der Waals surface area (Å²) in [6, 6.07) is 4.51. The molecule has 1 aromatic heterocycles. The van der Waals surface area contributed by atoms with Crippen molar-refractivity contribution in [3.63, 3.8) is 0 Å². The third-order valence-corrected chi connectivity index (χ3v) is 5.67. The molecule has 25 heavy (non-hydrogen) atoms. The Kier molecular flexibility index (Phi) is 5.29. The SMILES string of the molecule is O=C(C[C@@H]1C[C@H]2CN(C3CCOCC3)C[C@H]2O1)NCc1cccnc1. The van der Waals surface area contributed by atoms with Crippen LogP contribution >= 0.6 is 0 Å². The Morgan fingerprint density at radius 2 is 2.20 bits per heavy atom. The van der Waals surface area contributed by atoms with Crippen LogP contribution < -0.4 is 5.32 Å². The molecular formula is C19H27N3O3. The minimum absolute atomic E-state index is 0.0649. The van der Waals surface area contributed by atoms with Gasteiger partial charge in [-0.2, -0.15) is 0 Å². The molecule has 0 bridgehead atoms. The van der Waals surface area contributed by atoms with Crippen molar-refractivity contribution in [1.82, 2.24) is 15.2 Å². The van der Waals surface area contributed by atoms with Crippen LogP contribution in [0.2, 0.25) is 0 Å². The Morgan fingerprint density at radius 3 is 2.96 bits per heavy atom. The van der Waals surface area contributed by atoms with E-state index in [1.54, 1.807) is 12.4 Å². The highest BCUT2D eigenvalue weighted by Gasteiger charge is 2.44. The van der Waals surface area contributed by atoms with E-state index in [9.17, 15) is 4.79 Å². The molecule has 4 rings (SSSR count). The second-order valence-corrected chi connectivity index (χ2v) is 7.43. The van der Waals surface area contributed by atoms with E-state index in [0.29, 0.717) is 31.0 Å². The summed E-state index contributed by atoms with van der Waals surface area (Å²) in [6.07, 6.45) is 7.63. The number of nitrogens with one attached hydrogen (secondary N) is 1. The van der Waals surface area contributed by atoms with Gasteiger partial charge in [0.05, 0.1) is 18.6 Å². The fourth-order valence-electron chi connectivity index (χ4n) is 4.36. The average molecular weight is 345 g/mol. The molecular weight excluding hydrogens is 318 g/mol. The molecule has 4 heterocycles. The van der Waals surface area contributed by atoms with Crippen LogP contribution in [0.15, 0.2) is 24.5 Å². The van der Waals surface area contributed by atoms with E-state index in [1.165, 1.54) is 0 Å². The Hall–Kier alpha value is -1.50. The van der Waals surface area contributed by atoms with Crippen LogP contribution in [0.1, 0.15) is 31.2 Å². The lowest BCUT2D eigenvalue weighted by Gasteiger charge is -2.31.